The topological polar surface area (TPSA) is 106 Å². The Bertz CT molecular complexity index is 1210. The highest BCUT2D eigenvalue weighted by molar-refractivity contribution is 7.99. The van der Waals surface area contributed by atoms with E-state index in [1.807, 2.05) is 48.5 Å². The maximum atomic E-state index is 8.85. The van der Waals surface area contributed by atoms with Crippen LogP contribution in [0.1, 0.15) is 12.2 Å². The van der Waals surface area contributed by atoms with E-state index in [0.717, 1.165) is 49.0 Å². The molecule has 0 amide bonds. The van der Waals surface area contributed by atoms with Crippen molar-refractivity contribution in [2.75, 3.05) is 49.5 Å². The first-order valence-corrected chi connectivity index (χ1v) is 12.0. The standard InChI is InChI=1S/C24H24N8OS/c25-9-5-10-31-11-13-32(14-12-31)23-28-22(29-24(30-23)34-19-6-2-1-3-7-19)27-21-16-18(17-26-21)20-8-4-15-33-20/h1-4,6-8,15-16H,5,10-14,17H2,(H,26,27,28,29,30). The molecule has 1 aromatic carbocycles. The van der Waals surface area contributed by atoms with Crippen LogP contribution >= 0.6 is 11.8 Å². The first-order valence-electron chi connectivity index (χ1n) is 11.2. The number of piperazine rings is 1. The first-order chi connectivity index (χ1) is 16.8. The summed E-state index contributed by atoms with van der Waals surface area (Å²) < 4.78 is 5.49. The SMILES string of the molecule is N#CCCN1CCN(c2nc(NC3=NCC(c4ccco4)=C3)nc(Sc3ccccc3)n2)CC1. The molecule has 0 unspecified atom stereocenters. The third kappa shape index (κ3) is 5.44. The van der Waals surface area contributed by atoms with Gasteiger partial charge >= 0.3 is 0 Å². The van der Waals surface area contributed by atoms with Crippen molar-refractivity contribution in [3.63, 3.8) is 0 Å². The zero-order valence-corrected chi connectivity index (χ0v) is 19.4. The predicted molar refractivity (Wildman–Crippen MR) is 132 cm³/mol. The monoisotopic (exact) mass is 472 g/mol. The molecule has 0 bridgehead atoms. The molecule has 2 aromatic heterocycles. The molecule has 2 aliphatic heterocycles. The van der Waals surface area contributed by atoms with Gasteiger partial charge in [0.1, 0.15) is 11.6 Å². The summed E-state index contributed by atoms with van der Waals surface area (Å²) in [7, 11) is 0. The minimum Gasteiger partial charge on any atom is -0.465 e. The van der Waals surface area contributed by atoms with Crippen molar-refractivity contribution in [1.82, 2.24) is 19.9 Å². The van der Waals surface area contributed by atoms with Gasteiger partial charge in [0.25, 0.3) is 0 Å². The van der Waals surface area contributed by atoms with Crippen LogP contribution in [0.15, 0.2) is 74.3 Å². The second-order valence-electron chi connectivity index (χ2n) is 7.87. The van der Waals surface area contributed by atoms with Gasteiger partial charge in [-0.3, -0.25) is 9.89 Å². The van der Waals surface area contributed by atoms with Crippen LogP contribution in [0.4, 0.5) is 11.9 Å². The minimum absolute atomic E-state index is 0.464. The molecule has 172 valence electrons. The number of furan rings is 1. The molecular formula is C24H24N8OS. The zero-order chi connectivity index (χ0) is 23.2. The summed E-state index contributed by atoms with van der Waals surface area (Å²) in [6, 6.07) is 16.1. The van der Waals surface area contributed by atoms with Crippen molar-refractivity contribution in [3.05, 3.63) is 60.6 Å². The Kier molecular flexibility index (Phi) is 6.84. The summed E-state index contributed by atoms with van der Waals surface area (Å²) in [6.45, 7) is 4.69. The lowest BCUT2D eigenvalue weighted by Crippen LogP contribution is -2.47. The number of benzene rings is 1. The summed E-state index contributed by atoms with van der Waals surface area (Å²) >= 11 is 1.50. The lowest BCUT2D eigenvalue weighted by Gasteiger charge is -2.34. The highest BCUT2D eigenvalue weighted by atomic mass is 32.2. The number of amidine groups is 1. The molecule has 3 aromatic rings. The summed E-state index contributed by atoms with van der Waals surface area (Å²) in [4.78, 5) is 24.2. The smallest absolute Gasteiger partial charge is 0.234 e. The Morgan fingerprint density at radius 1 is 1.03 bits per heavy atom. The van der Waals surface area contributed by atoms with Crippen LogP contribution in [0, 0.1) is 11.3 Å². The number of hydrogen-bond acceptors (Lipinski definition) is 10. The molecule has 0 saturated carbocycles. The van der Waals surface area contributed by atoms with Gasteiger partial charge in [0, 0.05) is 49.6 Å². The average molecular weight is 473 g/mol. The Morgan fingerprint density at radius 2 is 1.88 bits per heavy atom. The van der Waals surface area contributed by atoms with Crippen LogP contribution in [-0.2, 0) is 0 Å². The number of rotatable bonds is 7. The number of aromatic nitrogens is 3. The molecule has 2 aliphatic rings. The second kappa shape index (κ2) is 10.5. The van der Waals surface area contributed by atoms with Gasteiger partial charge in [-0.2, -0.15) is 20.2 Å². The first kappa shape index (κ1) is 22.1. The maximum Gasteiger partial charge on any atom is 0.234 e. The predicted octanol–water partition coefficient (Wildman–Crippen LogP) is 3.56. The fourth-order valence-electron chi connectivity index (χ4n) is 3.79. The van der Waals surface area contributed by atoms with E-state index in [2.05, 4.69) is 31.2 Å². The molecule has 1 saturated heterocycles. The lowest BCUT2D eigenvalue weighted by atomic mass is 10.2. The third-order valence-corrected chi connectivity index (χ3v) is 6.43. The van der Waals surface area contributed by atoms with E-state index in [1.165, 1.54) is 11.8 Å². The lowest BCUT2D eigenvalue weighted by molar-refractivity contribution is 0.262. The quantitative estimate of drug-likeness (QED) is 0.552. The molecule has 0 aliphatic carbocycles. The number of anilines is 2. The van der Waals surface area contributed by atoms with Crippen LogP contribution in [-0.4, -0.2) is 65.0 Å². The van der Waals surface area contributed by atoms with Gasteiger partial charge in [-0.25, -0.2) is 0 Å². The summed E-state index contributed by atoms with van der Waals surface area (Å²) in [6.07, 6.45) is 4.17. The molecule has 0 spiro atoms. The second-order valence-corrected chi connectivity index (χ2v) is 8.91. The Morgan fingerprint density at radius 3 is 2.65 bits per heavy atom. The highest BCUT2D eigenvalue weighted by Gasteiger charge is 2.21. The fourth-order valence-corrected chi connectivity index (χ4v) is 4.55. The molecular weight excluding hydrogens is 448 g/mol. The van der Waals surface area contributed by atoms with Gasteiger partial charge in [0.15, 0.2) is 5.16 Å². The van der Waals surface area contributed by atoms with Gasteiger partial charge in [-0.15, -0.1) is 0 Å². The molecule has 1 N–H and O–H groups in total. The van der Waals surface area contributed by atoms with Crippen LogP contribution in [0.3, 0.4) is 0 Å². The molecule has 34 heavy (non-hydrogen) atoms. The van der Waals surface area contributed by atoms with E-state index < -0.39 is 0 Å². The van der Waals surface area contributed by atoms with Crippen LogP contribution < -0.4 is 10.2 Å². The summed E-state index contributed by atoms with van der Waals surface area (Å²) in [5.74, 6) is 2.61. The van der Waals surface area contributed by atoms with Crippen molar-refractivity contribution < 1.29 is 4.42 Å². The van der Waals surface area contributed by atoms with Gasteiger partial charge < -0.3 is 14.6 Å². The van der Waals surface area contributed by atoms with E-state index in [0.29, 0.717) is 35.9 Å². The third-order valence-electron chi connectivity index (χ3n) is 5.56. The fraction of sp³-hybridized carbons (Fsp3) is 0.292. The molecule has 9 nitrogen and oxygen atoms in total. The van der Waals surface area contributed by atoms with Crippen molar-refractivity contribution in [2.24, 2.45) is 4.99 Å². The largest absolute Gasteiger partial charge is 0.465 e. The minimum atomic E-state index is 0.464. The van der Waals surface area contributed by atoms with Crippen molar-refractivity contribution in [3.8, 4) is 6.07 Å². The van der Waals surface area contributed by atoms with E-state index in [1.54, 1.807) is 6.26 Å². The van der Waals surface area contributed by atoms with E-state index in [-0.39, 0.29) is 0 Å². The normalized spacial score (nSPS) is 16.1. The van der Waals surface area contributed by atoms with Gasteiger partial charge in [0.2, 0.25) is 11.9 Å². The van der Waals surface area contributed by atoms with Crippen LogP contribution in [0.2, 0.25) is 0 Å². The summed E-state index contributed by atoms with van der Waals surface area (Å²) in [5.41, 5.74) is 1.01. The van der Waals surface area contributed by atoms with Crippen molar-refractivity contribution in [2.45, 2.75) is 16.5 Å². The summed E-state index contributed by atoms with van der Waals surface area (Å²) in [5, 5.41) is 12.7. The highest BCUT2D eigenvalue weighted by Crippen LogP contribution is 2.27. The van der Waals surface area contributed by atoms with E-state index >= 15 is 0 Å². The molecule has 10 heteroatoms. The van der Waals surface area contributed by atoms with E-state index in [9.17, 15) is 0 Å². The maximum absolute atomic E-state index is 8.85. The molecule has 1 fully saturated rings. The van der Waals surface area contributed by atoms with Gasteiger partial charge in [-0.1, -0.05) is 18.2 Å². The molecule has 0 atom stereocenters. The van der Waals surface area contributed by atoms with Crippen molar-refractivity contribution >= 4 is 35.1 Å². The van der Waals surface area contributed by atoms with Crippen LogP contribution in [0.25, 0.3) is 5.57 Å². The van der Waals surface area contributed by atoms with Crippen LogP contribution in [0.5, 0.6) is 0 Å². The number of hydrogen-bond donors (Lipinski definition) is 1. The number of nitrogens with zero attached hydrogens (tertiary/aromatic N) is 7. The molecule has 0 radical (unpaired) electrons. The zero-order valence-electron chi connectivity index (χ0n) is 18.6. The van der Waals surface area contributed by atoms with E-state index in [4.69, 9.17) is 19.6 Å². The number of aliphatic imine (C=N–C) groups is 1. The number of nitrogens with one attached hydrogen (secondary N) is 1. The number of nitriles is 1. The van der Waals surface area contributed by atoms with Crippen molar-refractivity contribution in [1.29, 1.82) is 5.26 Å². The average Bonchev–Trinajstić information content (AvgIpc) is 3.56. The van der Waals surface area contributed by atoms with Gasteiger partial charge in [-0.05, 0) is 42.1 Å². The Hall–Kier alpha value is -3.68. The Balaban J connectivity index is 1.35. The molecule has 4 heterocycles. The Labute approximate surface area is 202 Å². The van der Waals surface area contributed by atoms with Gasteiger partial charge in [0.05, 0.1) is 18.9 Å². The molecule has 5 rings (SSSR count).